The summed E-state index contributed by atoms with van der Waals surface area (Å²) in [7, 11) is 0. The fourth-order valence-corrected chi connectivity index (χ4v) is 2.74. The summed E-state index contributed by atoms with van der Waals surface area (Å²) in [6, 6.07) is 5.83. The Hall–Kier alpha value is -2.70. The number of esters is 2. The summed E-state index contributed by atoms with van der Waals surface area (Å²) in [6.45, 7) is 7.62. The number of hydrogen-bond acceptors (Lipinski definition) is 6. The lowest BCUT2D eigenvalue weighted by Gasteiger charge is -2.15. The van der Waals surface area contributed by atoms with Gasteiger partial charge in [-0.3, -0.25) is 19.7 Å². The molecule has 0 radical (unpaired) electrons. The van der Waals surface area contributed by atoms with Crippen molar-refractivity contribution in [2.75, 3.05) is 13.2 Å². The van der Waals surface area contributed by atoms with E-state index in [1.54, 1.807) is 26.0 Å². The van der Waals surface area contributed by atoms with Crippen LogP contribution in [-0.4, -0.2) is 30.1 Å². The Kier molecular flexibility index (Phi) is 5.02. The normalized spacial score (nSPS) is 17.7. The van der Waals surface area contributed by atoms with Crippen LogP contribution in [-0.2, 0) is 19.1 Å². The second-order valence-electron chi connectivity index (χ2n) is 5.50. The summed E-state index contributed by atoms with van der Waals surface area (Å²) < 4.78 is 10.1. The number of nitro groups is 1. The monoisotopic (exact) mass is 333 g/mol. The Balaban J connectivity index is 2.24. The van der Waals surface area contributed by atoms with E-state index in [1.165, 1.54) is 12.1 Å². The van der Waals surface area contributed by atoms with Crippen molar-refractivity contribution >= 4 is 23.2 Å². The average molecular weight is 333 g/mol. The topological polar surface area (TPSA) is 95.7 Å². The molecule has 0 bridgehead atoms. The molecule has 1 fully saturated rings. The van der Waals surface area contributed by atoms with E-state index in [0.717, 1.165) is 0 Å². The summed E-state index contributed by atoms with van der Waals surface area (Å²) in [5.41, 5.74) is -0.193. The Labute approximate surface area is 139 Å². The minimum Gasteiger partial charge on any atom is -0.465 e. The number of nitrogens with zero attached hydrogens (tertiary/aromatic N) is 1. The number of nitro benzene ring substituents is 1. The van der Waals surface area contributed by atoms with Crippen molar-refractivity contribution in [1.82, 2.24) is 0 Å². The largest absolute Gasteiger partial charge is 0.465 e. The highest BCUT2D eigenvalue weighted by atomic mass is 16.6. The highest BCUT2D eigenvalue weighted by Crippen LogP contribution is 2.60. The van der Waals surface area contributed by atoms with Gasteiger partial charge in [-0.1, -0.05) is 6.58 Å². The lowest BCUT2D eigenvalue weighted by atomic mass is 9.95. The first-order valence-corrected chi connectivity index (χ1v) is 7.66. The Morgan fingerprint density at radius 3 is 2.12 bits per heavy atom. The molecular weight excluding hydrogens is 314 g/mol. The molecule has 1 unspecified atom stereocenters. The Morgan fingerprint density at radius 2 is 1.71 bits per heavy atom. The molecule has 0 saturated heterocycles. The molecular formula is C17H19NO6. The number of carbonyl (C=O) groups is 2. The molecule has 0 spiro atoms. The third-order valence-electron chi connectivity index (χ3n) is 4.11. The van der Waals surface area contributed by atoms with E-state index in [9.17, 15) is 19.7 Å². The molecule has 0 N–H and O–H groups in total. The van der Waals surface area contributed by atoms with E-state index >= 15 is 0 Å². The standard InChI is InChI=1S/C17H19NO6/c1-4-23-15(19)17(16(20)24-5-2)10-14(17)11(3)12-6-8-13(9-7-12)18(21)22/h6-9,14H,3-5,10H2,1-2H3. The van der Waals surface area contributed by atoms with Gasteiger partial charge in [0.05, 0.1) is 18.1 Å². The van der Waals surface area contributed by atoms with Gasteiger partial charge in [0.25, 0.3) is 5.69 Å². The maximum atomic E-state index is 12.3. The van der Waals surface area contributed by atoms with Crippen LogP contribution < -0.4 is 0 Å². The predicted molar refractivity (Wildman–Crippen MR) is 85.9 cm³/mol. The molecule has 128 valence electrons. The zero-order valence-corrected chi connectivity index (χ0v) is 13.6. The lowest BCUT2D eigenvalue weighted by molar-refractivity contribution is -0.384. The van der Waals surface area contributed by atoms with Crippen molar-refractivity contribution in [2.24, 2.45) is 11.3 Å². The Bertz CT molecular complexity index is 661. The molecule has 1 atom stereocenters. The van der Waals surface area contributed by atoms with Crippen LogP contribution in [0.2, 0.25) is 0 Å². The smallest absolute Gasteiger partial charge is 0.324 e. The fourth-order valence-electron chi connectivity index (χ4n) is 2.74. The van der Waals surface area contributed by atoms with E-state index in [-0.39, 0.29) is 25.3 Å². The van der Waals surface area contributed by atoms with Gasteiger partial charge in [0, 0.05) is 18.1 Å². The number of benzene rings is 1. The van der Waals surface area contributed by atoms with Crippen LogP contribution in [0.4, 0.5) is 5.69 Å². The van der Waals surface area contributed by atoms with Gasteiger partial charge >= 0.3 is 11.9 Å². The SMILES string of the molecule is C=C(c1ccc([N+](=O)[O-])cc1)C1CC1(C(=O)OCC)C(=O)OCC. The second kappa shape index (κ2) is 6.82. The van der Waals surface area contributed by atoms with Crippen molar-refractivity contribution in [1.29, 1.82) is 0 Å². The zero-order valence-electron chi connectivity index (χ0n) is 13.6. The second-order valence-corrected chi connectivity index (χ2v) is 5.50. The molecule has 0 amide bonds. The van der Waals surface area contributed by atoms with Gasteiger partial charge in [-0.2, -0.15) is 0 Å². The van der Waals surface area contributed by atoms with Gasteiger partial charge in [-0.05, 0) is 43.5 Å². The molecule has 1 aromatic rings. The summed E-state index contributed by atoms with van der Waals surface area (Å²) in [5.74, 6) is -1.66. The number of rotatable bonds is 7. The predicted octanol–water partition coefficient (Wildman–Crippen LogP) is 2.74. The summed E-state index contributed by atoms with van der Waals surface area (Å²) in [5, 5.41) is 10.7. The van der Waals surface area contributed by atoms with E-state index < -0.39 is 28.2 Å². The van der Waals surface area contributed by atoms with E-state index in [1.807, 2.05) is 0 Å². The van der Waals surface area contributed by atoms with Gasteiger partial charge in [0.2, 0.25) is 0 Å². The van der Waals surface area contributed by atoms with Crippen LogP contribution >= 0.6 is 0 Å². The van der Waals surface area contributed by atoms with Crippen LogP contribution in [0.5, 0.6) is 0 Å². The van der Waals surface area contributed by atoms with Crippen molar-refractivity contribution < 1.29 is 24.0 Å². The van der Waals surface area contributed by atoms with Crippen LogP contribution in [0, 0.1) is 21.4 Å². The van der Waals surface area contributed by atoms with E-state index in [4.69, 9.17) is 9.47 Å². The molecule has 1 aromatic carbocycles. The number of allylic oxidation sites excluding steroid dienone is 1. The fraction of sp³-hybridized carbons (Fsp3) is 0.412. The number of carbonyl (C=O) groups excluding carboxylic acids is 2. The van der Waals surface area contributed by atoms with Crippen LogP contribution in [0.1, 0.15) is 25.8 Å². The van der Waals surface area contributed by atoms with Crippen molar-refractivity contribution in [2.45, 2.75) is 20.3 Å². The third kappa shape index (κ3) is 3.02. The van der Waals surface area contributed by atoms with E-state index in [0.29, 0.717) is 11.1 Å². The van der Waals surface area contributed by atoms with Gasteiger partial charge < -0.3 is 9.47 Å². The molecule has 1 saturated carbocycles. The first-order chi connectivity index (χ1) is 11.4. The summed E-state index contributed by atoms with van der Waals surface area (Å²) >= 11 is 0. The highest BCUT2D eigenvalue weighted by Gasteiger charge is 2.69. The van der Waals surface area contributed by atoms with E-state index in [2.05, 4.69) is 6.58 Å². The first-order valence-electron chi connectivity index (χ1n) is 7.66. The third-order valence-corrected chi connectivity index (χ3v) is 4.11. The molecule has 7 heteroatoms. The molecule has 0 heterocycles. The summed E-state index contributed by atoms with van der Waals surface area (Å²) in [6.07, 6.45) is 0.264. The minimum atomic E-state index is -1.36. The van der Waals surface area contributed by atoms with Crippen molar-refractivity contribution in [3.8, 4) is 0 Å². The zero-order chi connectivity index (χ0) is 17.9. The lowest BCUT2D eigenvalue weighted by Crippen LogP contribution is -2.32. The van der Waals surface area contributed by atoms with Crippen LogP contribution in [0.15, 0.2) is 30.8 Å². The Morgan fingerprint density at radius 1 is 1.21 bits per heavy atom. The van der Waals surface area contributed by atoms with Gasteiger partial charge in [0.1, 0.15) is 0 Å². The molecule has 7 nitrogen and oxygen atoms in total. The highest BCUT2D eigenvalue weighted by molar-refractivity contribution is 6.06. The molecule has 0 aliphatic heterocycles. The summed E-state index contributed by atoms with van der Waals surface area (Å²) in [4.78, 5) is 34.8. The number of ether oxygens (including phenoxy) is 2. The molecule has 2 rings (SSSR count). The van der Waals surface area contributed by atoms with Crippen molar-refractivity contribution in [3.63, 3.8) is 0 Å². The number of hydrogen-bond donors (Lipinski definition) is 0. The first kappa shape index (κ1) is 17.7. The molecule has 0 aromatic heterocycles. The number of non-ortho nitro benzene ring substituents is 1. The van der Waals surface area contributed by atoms with Crippen LogP contribution in [0.3, 0.4) is 0 Å². The van der Waals surface area contributed by atoms with Gasteiger partial charge in [0.15, 0.2) is 5.41 Å². The average Bonchev–Trinajstić information content (AvgIpc) is 3.32. The van der Waals surface area contributed by atoms with Gasteiger partial charge in [-0.15, -0.1) is 0 Å². The maximum absolute atomic E-state index is 12.3. The van der Waals surface area contributed by atoms with Crippen LogP contribution in [0.25, 0.3) is 5.57 Å². The molecule has 1 aliphatic carbocycles. The van der Waals surface area contributed by atoms with Crippen molar-refractivity contribution in [3.05, 3.63) is 46.5 Å². The molecule has 24 heavy (non-hydrogen) atoms. The van der Waals surface area contributed by atoms with Gasteiger partial charge in [-0.25, -0.2) is 0 Å². The minimum absolute atomic E-state index is 0.0376. The maximum Gasteiger partial charge on any atom is 0.324 e. The molecule has 1 aliphatic rings. The quantitative estimate of drug-likeness (QED) is 0.329.